The van der Waals surface area contributed by atoms with Gasteiger partial charge in [0.05, 0.1) is 22.4 Å². The summed E-state index contributed by atoms with van der Waals surface area (Å²) in [5, 5.41) is 14.2. The molecule has 0 aromatic heterocycles. The molecule has 4 aliphatic rings. The molecule has 4 aliphatic heterocycles. The van der Waals surface area contributed by atoms with Crippen LogP contribution < -0.4 is 10.2 Å². The maximum atomic E-state index is 14.3. The lowest BCUT2D eigenvalue weighted by atomic mass is 9.75. The number of hydrogen-bond donors (Lipinski definition) is 1. The zero-order valence-electron chi connectivity index (χ0n) is 17.6. The molecule has 33 heavy (non-hydrogen) atoms. The van der Waals surface area contributed by atoms with Crippen LogP contribution in [-0.2, 0) is 19.9 Å². The lowest BCUT2D eigenvalue weighted by molar-refractivity contribution is -0.385. The average Bonchev–Trinajstić information content (AvgIpc) is 3.47. The monoisotopic (exact) mass is 450 g/mol. The largest absolute Gasteiger partial charge is 0.324 e. The summed E-state index contributed by atoms with van der Waals surface area (Å²) in [5.74, 6) is -3.88. The van der Waals surface area contributed by atoms with Crippen molar-refractivity contribution in [2.75, 3.05) is 16.8 Å². The predicted octanol–water partition coefficient (Wildman–Crippen LogP) is 2.47. The number of aryl methyl sites for hydroxylation is 1. The zero-order chi connectivity index (χ0) is 23.2. The number of fused-ring (bicyclic) bond motifs is 7. The minimum Gasteiger partial charge on any atom is -0.324 e. The Morgan fingerprint density at radius 2 is 1.94 bits per heavy atom. The third kappa shape index (κ3) is 2.31. The predicted molar refractivity (Wildman–Crippen MR) is 114 cm³/mol. The van der Waals surface area contributed by atoms with E-state index in [2.05, 4.69) is 5.32 Å². The van der Waals surface area contributed by atoms with Crippen molar-refractivity contribution in [3.05, 3.63) is 63.5 Å². The molecule has 168 valence electrons. The summed E-state index contributed by atoms with van der Waals surface area (Å²) in [5.41, 5.74) is -0.382. The van der Waals surface area contributed by atoms with E-state index in [9.17, 15) is 28.9 Å². The van der Waals surface area contributed by atoms with E-state index >= 15 is 0 Å². The molecule has 2 aromatic rings. The summed E-state index contributed by atoms with van der Waals surface area (Å²) < 4.78 is 14.3. The Hall–Kier alpha value is -3.66. The standard InChI is InChI=1S/C23H19FN4O5/c1-11-4-6-13(10-17(11)28(32)33)27-20(29)18-16-3-2-8-26(16)23(19(18)21(27)30)14-9-12(24)5-7-15(14)25-22(23)31/h4-7,9-10,16,18-19H,2-3,8H2,1H3,(H,25,31)/t16-,18+,19+,23-/m1/s1. The van der Waals surface area contributed by atoms with E-state index < -0.39 is 45.8 Å². The van der Waals surface area contributed by atoms with E-state index in [0.29, 0.717) is 29.8 Å². The quantitative estimate of drug-likeness (QED) is 0.427. The molecule has 1 spiro atoms. The van der Waals surface area contributed by atoms with Crippen LogP contribution in [0.2, 0.25) is 0 Å². The Bertz CT molecular complexity index is 1300. The van der Waals surface area contributed by atoms with Gasteiger partial charge >= 0.3 is 0 Å². The molecule has 4 atom stereocenters. The number of nitrogens with zero attached hydrogens (tertiary/aromatic N) is 3. The summed E-state index contributed by atoms with van der Waals surface area (Å²) in [4.78, 5) is 54.7. The summed E-state index contributed by atoms with van der Waals surface area (Å²) in [6.07, 6.45) is 1.37. The number of benzene rings is 2. The van der Waals surface area contributed by atoms with Crippen LogP contribution in [0.5, 0.6) is 0 Å². The van der Waals surface area contributed by atoms with E-state index in [-0.39, 0.29) is 17.4 Å². The summed E-state index contributed by atoms with van der Waals surface area (Å²) >= 11 is 0. The third-order valence-electron chi connectivity index (χ3n) is 7.60. The van der Waals surface area contributed by atoms with Gasteiger partial charge < -0.3 is 5.32 Å². The van der Waals surface area contributed by atoms with Gasteiger partial charge in [-0.05, 0) is 50.6 Å². The Kier molecular flexibility index (Phi) is 3.90. The molecule has 0 unspecified atom stereocenters. The molecule has 3 fully saturated rings. The lowest BCUT2D eigenvalue weighted by Gasteiger charge is -2.36. The van der Waals surface area contributed by atoms with Crippen molar-refractivity contribution in [1.29, 1.82) is 0 Å². The molecule has 0 bridgehead atoms. The highest BCUT2D eigenvalue weighted by atomic mass is 19.1. The van der Waals surface area contributed by atoms with E-state index in [1.165, 1.54) is 36.4 Å². The van der Waals surface area contributed by atoms with Gasteiger partial charge in [0, 0.05) is 28.9 Å². The molecule has 0 saturated carbocycles. The number of amides is 3. The highest BCUT2D eigenvalue weighted by Crippen LogP contribution is 2.60. The first-order chi connectivity index (χ1) is 15.8. The average molecular weight is 450 g/mol. The van der Waals surface area contributed by atoms with Crippen molar-refractivity contribution in [2.45, 2.75) is 31.3 Å². The molecule has 0 aliphatic carbocycles. The Morgan fingerprint density at radius 1 is 1.15 bits per heavy atom. The first-order valence-electron chi connectivity index (χ1n) is 10.8. The second kappa shape index (κ2) is 6.44. The highest BCUT2D eigenvalue weighted by molar-refractivity contribution is 6.26. The number of nitro groups is 1. The third-order valence-corrected chi connectivity index (χ3v) is 7.60. The van der Waals surface area contributed by atoms with Crippen molar-refractivity contribution in [1.82, 2.24) is 4.90 Å². The van der Waals surface area contributed by atoms with Crippen LogP contribution in [0.15, 0.2) is 36.4 Å². The summed E-state index contributed by atoms with van der Waals surface area (Å²) in [7, 11) is 0. The summed E-state index contributed by atoms with van der Waals surface area (Å²) in [6.45, 7) is 2.08. The topological polar surface area (TPSA) is 113 Å². The number of nitro benzene ring substituents is 1. The minimum atomic E-state index is -1.48. The van der Waals surface area contributed by atoms with Gasteiger partial charge in [0.1, 0.15) is 11.4 Å². The van der Waals surface area contributed by atoms with Gasteiger partial charge in [0.15, 0.2) is 0 Å². The second-order valence-corrected chi connectivity index (χ2v) is 9.06. The number of carbonyl (C=O) groups is 3. The maximum absolute atomic E-state index is 14.3. The van der Waals surface area contributed by atoms with Gasteiger partial charge in [0.25, 0.3) is 5.69 Å². The minimum absolute atomic E-state index is 0.106. The summed E-state index contributed by atoms with van der Waals surface area (Å²) in [6, 6.07) is 7.84. The van der Waals surface area contributed by atoms with E-state index in [0.717, 1.165) is 11.3 Å². The molecule has 9 nitrogen and oxygen atoms in total. The first-order valence-corrected chi connectivity index (χ1v) is 10.8. The molecular formula is C23H19FN4O5. The van der Waals surface area contributed by atoms with Gasteiger partial charge in [-0.2, -0.15) is 0 Å². The van der Waals surface area contributed by atoms with E-state index in [1.807, 2.05) is 4.90 Å². The fraction of sp³-hybridized carbons (Fsp3) is 0.348. The van der Waals surface area contributed by atoms with E-state index in [1.54, 1.807) is 6.92 Å². The van der Waals surface area contributed by atoms with Crippen molar-refractivity contribution < 1.29 is 23.7 Å². The normalized spacial score (nSPS) is 30.1. The van der Waals surface area contributed by atoms with Crippen molar-refractivity contribution in [2.24, 2.45) is 11.8 Å². The van der Waals surface area contributed by atoms with Gasteiger partial charge in [-0.25, -0.2) is 9.29 Å². The Balaban J connectivity index is 1.54. The molecule has 2 aromatic carbocycles. The van der Waals surface area contributed by atoms with Gasteiger partial charge in [-0.3, -0.25) is 29.4 Å². The van der Waals surface area contributed by atoms with Crippen LogP contribution >= 0.6 is 0 Å². The number of nitrogens with one attached hydrogen (secondary N) is 1. The SMILES string of the molecule is Cc1ccc(N2C(=O)[C@H]3[C@H]4CCCN4[C@@]4(C(=O)Nc5ccc(F)cc54)[C@@H]3C2=O)cc1[N+](=O)[O-]. The number of imide groups is 1. The number of hydrogen-bond acceptors (Lipinski definition) is 6. The van der Waals surface area contributed by atoms with Crippen molar-refractivity contribution in [3.63, 3.8) is 0 Å². The van der Waals surface area contributed by atoms with Crippen LogP contribution in [0.4, 0.5) is 21.5 Å². The molecule has 1 N–H and O–H groups in total. The zero-order valence-corrected chi connectivity index (χ0v) is 17.6. The second-order valence-electron chi connectivity index (χ2n) is 9.06. The smallest absolute Gasteiger partial charge is 0.274 e. The van der Waals surface area contributed by atoms with Gasteiger partial charge in [-0.1, -0.05) is 6.07 Å². The van der Waals surface area contributed by atoms with Crippen LogP contribution in [0.3, 0.4) is 0 Å². The molecular weight excluding hydrogens is 431 g/mol. The number of carbonyl (C=O) groups excluding carboxylic acids is 3. The van der Waals surface area contributed by atoms with Gasteiger partial charge in [0.2, 0.25) is 17.7 Å². The lowest BCUT2D eigenvalue weighted by Crippen LogP contribution is -2.54. The molecule has 10 heteroatoms. The van der Waals surface area contributed by atoms with Crippen molar-refractivity contribution in [3.8, 4) is 0 Å². The molecule has 4 heterocycles. The number of rotatable bonds is 2. The first kappa shape index (κ1) is 20.0. The van der Waals surface area contributed by atoms with Crippen LogP contribution in [0, 0.1) is 34.7 Å². The van der Waals surface area contributed by atoms with Crippen molar-refractivity contribution >= 4 is 34.8 Å². The molecule has 0 radical (unpaired) electrons. The Morgan fingerprint density at radius 3 is 2.70 bits per heavy atom. The van der Waals surface area contributed by atoms with Crippen LogP contribution in [0.25, 0.3) is 0 Å². The highest BCUT2D eigenvalue weighted by Gasteiger charge is 2.74. The molecule has 3 amide bonds. The van der Waals surface area contributed by atoms with Gasteiger partial charge in [-0.15, -0.1) is 0 Å². The van der Waals surface area contributed by atoms with Crippen LogP contribution in [0.1, 0.15) is 24.0 Å². The molecule has 6 rings (SSSR count). The number of halogens is 1. The fourth-order valence-corrected chi connectivity index (χ4v) is 6.36. The van der Waals surface area contributed by atoms with E-state index in [4.69, 9.17) is 0 Å². The Labute approximate surface area is 187 Å². The molecule has 3 saturated heterocycles. The van der Waals surface area contributed by atoms with Crippen LogP contribution in [-0.4, -0.2) is 40.1 Å². The fourth-order valence-electron chi connectivity index (χ4n) is 6.36. The maximum Gasteiger partial charge on any atom is 0.274 e. The number of anilines is 2.